The van der Waals surface area contributed by atoms with E-state index in [4.69, 9.17) is 4.42 Å². The van der Waals surface area contributed by atoms with Gasteiger partial charge in [-0.3, -0.25) is 10.1 Å². The third kappa shape index (κ3) is 2.83. The van der Waals surface area contributed by atoms with Crippen LogP contribution in [0.25, 0.3) is 0 Å². The van der Waals surface area contributed by atoms with E-state index in [0.29, 0.717) is 6.54 Å². The topological polar surface area (TPSA) is 54.3 Å². The van der Waals surface area contributed by atoms with Gasteiger partial charge in [0.1, 0.15) is 5.76 Å². The molecular weight excluding hydrogens is 192 g/mol. The normalized spacial score (nSPS) is 22.1. The molecule has 4 heteroatoms. The molecule has 1 aliphatic rings. The molecule has 2 rings (SSSR count). The first-order valence-electron chi connectivity index (χ1n) is 5.40. The van der Waals surface area contributed by atoms with E-state index in [-0.39, 0.29) is 11.9 Å². The maximum Gasteiger partial charge on any atom is 0.237 e. The Balaban J connectivity index is 1.84. The molecule has 0 radical (unpaired) electrons. The summed E-state index contributed by atoms with van der Waals surface area (Å²) in [4.78, 5) is 11.6. The zero-order valence-electron chi connectivity index (χ0n) is 8.66. The lowest BCUT2D eigenvalue weighted by atomic mass is 10.1. The number of hydrogen-bond donors (Lipinski definition) is 2. The molecule has 0 saturated carbocycles. The average Bonchev–Trinajstić information content (AvgIpc) is 2.67. The van der Waals surface area contributed by atoms with Gasteiger partial charge in [-0.15, -0.1) is 0 Å². The molecule has 0 bridgehead atoms. The van der Waals surface area contributed by atoms with Crippen molar-refractivity contribution in [1.82, 2.24) is 10.6 Å². The summed E-state index contributed by atoms with van der Waals surface area (Å²) in [5.41, 5.74) is 0. The average molecular weight is 208 g/mol. The fourth-order valence-electron chi connectivity index (χ4n) is 1.77. The molecule has 82 valence electrons. The minimum Gasteiger partial charge on any atom is -0.468 e. The molecule has 15 heavy (non-hydrogen) atoms. The number of nitrogens with one attached hydrogen (secondary N) is 2. The third-order valence-corrected chi connectivity index (χ3v) is 2.64. The minimum absolute atomic E-state index is 0.0717. The van der Waals surface area contributed by atoms with Crippen LogP contribution in [0.15, 0.2) is 22.8 Å². The van der Waals surface area contributed by atoms with Gasteiger partial charge in [0.15, 0.2) is 0 Å². The molecule has 1 aromatic heterocycles. The Morgan fingerprint density at radius 3 is 3.27 bits per heavy atom. The monoisotopic (exact) mass is 208 g/mol. The van der Waals surface area contributed by atoms with Crippen molar-refractivity contribution in [1.29, 1.82) is 0 Å². The van der Waals surface area contributed by atoms with Gasteiger partial charge in [-0.05, 0) is 31.4 Å². The van der Waals surface area contributed by atoms with Gasteiger partial charge in [-0.2, -0.15) is 0 Å². The van der Waals surface area contributed by atoms with E-state index in [1.54, 1.807) is 6.26 Å². The highest BCUT2D eigenvalue weighted by atomic mass is 16.3. The van der Waals surface area contributed by atoms with Gasteiger partial charge in [0.05, 0.1) is 18.8 Å². The zero-order valence-corrected chi connectivity index (χ0v) is 8.66. The summed E-state index contributed by atoms with van der Waals surface area (Å²) < 4.78 is 5.20. The Labute approximate surface area is 89.0 Å². The lowest BCUT2D eigenvalue weighted by Crippen LogP contribution is -2.42. The van der Waals surface area contributed by atoms with Crippen LogP contribution in [0.2, 0.25) is 0 Å². The summed E-state index contributed by atoms with van der Waals surface area (Å²) in [5, 5.41) is 6.10. The van der Waals surface area contributed by atoms with Gasteiger partial charge >= 0.3 is 0 Å². The van der Waals surface area contributed by atoms with E-state index in [0.717, 1.165) is 31.6 Å². The Morgan fingerprint density at radius 2 is 2.47 bits per heavy atom. The first-order valence-corrected chi connectivity index (χ1v) is 5.40. The standard InChI is InChI=1S/C11H16N2O2/c14-11-10(5-1-2-6-12-11)13-8-9-4-3-7-15-9/h3-4,7,10,13H,1-2,5-6,8H2,(H,12,14). The molecule has 0 aromatic carbocycles. The first-order chi connectivity index (χ1) is 7.36. The molecule has 1 atom stereocenters. The number of carbonyl (C=O) groups is 1. The number of furan rings is 1. The maximum absolute atomic E-state index is 11.6. The fraction of sp³-hybridized carbons (Fsp3) is 0.545. The molecular formula is C11H16N2O2. The minimum atomic E-state index is -0.0717. The summed E-state index contributed by atoms with van der Waals surface area (Å²) in [6.45, 7) is 1.42. The zero-order chi connectivity index (χ0) is 10.5. The molecule has 1 unspecified atom stereocenters. The van der Waals surface area contributed by atoms with Crippen molar-refractivity contribution in [3.05, 3.63) is 24.2 Å². The van der Waals surface area contributed by atoms with Crippen LogP contribution >= 0.6 is 0 Å². The lowest BCUT2D eigenvalue weighted by molar-refractivity contribution is -0.122. The maximum atomic E-state index is 11.6. The molecule has 0 spiro atoms. The highest BCUT2D eigenvalue weighted by molar-refractivity contribution is 5.81. The SMILES string of the molecule is O=C1NCCCCC1NCc1ccco1. The number of carbonyl (C=O) groups excluding carboxylic acids is 1. The lowest BCUT2D eigenvalue weighted by Gasteiger charge is -2.13. The second-order valence-corrected chi connectivity index (χ2v) is 3.80. The largest absolute Gasteiger partial charge is 0.468 e. The van der Waals surface area contributed by atoms with Gasteiger partial charge in [0.2, 0.25) is 5.91 Å². The Bertz CT molecular complexity index is 308. The summed E-state index contributed by atoms with van der Waals surface area (Å²) in [5.74, 6) is 0.978. The molecule has 1 fully saturated rings. The van der Waals surface area contributed by atoms with Crippen LogP contribution in [0.1, 0.15) is 25.0 Å². The van der Waals surface area contributed by atoms with Crippen molar-refractivity contribution in [3.8, 4) is 0 Å². The van der Waals surface area contributed by atoms with E-state index in [1.165, 1.54) is 0 Å². The van der Waals surface area contributed by atoms with Crippen molar-refractivity contribution >= 4 is 5.91 Å². The van der Waals surface area contributed by atoms with Gasteiger partial charge < -0.3 is 9.73 Å². The number of amides is 1. The molecule has 1 saturated heterocycles. The molecule has 4 nitrogen and oxygen atoms in total. The van der Waals surface area contributed by atoms with Gasteiger partial charge in [0.25, 0.3) is 0 Å². The summed E-state index contributed by atoms with van der Waals surface area (Å²) in [7, 11) is 0. The summed E-state index contributed by atoms with van der Waals surface area (Å²) in [6.07, 6.45) is 4.72. The second kappa shape index (κ2) is 4.98. The van der Waals surface area contributed by atoms with E-state index < -0.39 is 0 Å². The Morgan fingerprint density at radius 1 is 1.53 bits per heavy atom. The van der Waals surface area contributed by atoms with Crippen LogP contribution < -0.4 is 10.6 Å². The second-order valence-electron chi connectivity index (χ2n) is 3.80. The van der Waals surface area contributed by atoms with Crippen molar-refractivity contribution in [3.63, 3.8) is 0 Å². The van der Waals surface area contributed by atoms with Crippen LogP contribution in [0.3, 0.4) is 0 Å². The van der Waals surface area contributed by atoms with Crippen LogP contribution in [-0.4, -0.2) is 18.5 Å². The molecule has 1 aliphatic heterocycles. The van der Waals surface area contributed by atoms with Gasteiger partial charge in [-0.1, -0.05) is 0 Å². The highest BCUT2D eigenvalue weighted by Crippen LogP contribution is 2.07. The fourth-order valence-corrected chi connectivity index (χ4v) is 1.77. The Hall–Kier alpha value is -1.29. The number of rotatable bonds is 3. The van der Waals surface area contributed by atoms with Crippen molar-refractivity contribution < 1.29 is 9.21 Å². The molecule has 2 N–H and O–H groups in total. The van der Waals surface area contributed by atoms with E-state index in [9.17, 15) is 4.79 Å². The van der Waals surface area contributed by atoms with Crippen LogP contribution in [-0.2, 0) is 11.3 Å². The molecule has 0 aliphatic carbocycles. The molecule has 2 heterocycles. The van der Waals surface area contributed by atoms with Crippen LogP contribution in [0.5, 0.6) is 0 Å². The number of hydrogen-bond acceptors (Lipinski definition) is 3. The first kappa shape index (κ1) is 10.2. The summed E-state index contributed by atoms with van der Waals surface area (Å²) >= 11 is 0. The quantitative estimate of drug-likeness (QED) is 0.780. The molecule has 1 aromatic rings. The van der Waals surface area contributed by atoms with Crippen molar-refractivity contribution in [2.45, 2.75) is 31.8 Å². The van der Waals surface area contributed by atoms with Gasteiger partial charge in [0, 0.05) is 6.54 Å². The third-order valence-electron chi connectivity index (χ3n) is 2.64. The predicted molar refractivity (Wildman–Crippen MR) is 56.2 cm³/mol. The van der Waals surface area contributed by atoms with Crippen molar-refractivity contribution in [2.24, 2.45) is 0 Å². The van der Waals surface area contributed by atoms with E-state index >= 15 is 0 Å². The van der Waals surface area contributed by atoms with Crippen LogP contribution in [0, 0.1) is 0 Å². The van der Waals surface area contributed by atoms with E-state index in [1.807, 2.05) is 12.1 Å². The Kier molecular flexibility index (Phi) is 3.40. The van der Waals surface area contributed by atoms with Crippen molar-refractivity contribution in [2.75, 3.05) is 6.54 Å². The van der Waals surface area contributed by atoms with Crippen LogP contribution in [0.4, 0.5) is 0 Å². The summed E-state index contributed by atoms with van der Waals surface area (Å²) in [6, 6.07) is 3.68. The van der Waals surface area contributed by atoms with Gasteiger partial charge in [-0.25, -0.2) is 0 Å². The highest BCUT2D eigenvalue weighted by Gasteiger charge is 2.19. The van der Waals surface area contributed by atoms with E-state index in [2.05, 4.69) is 10.6 Å². The predicted octanol–water partition coefficient (Wildman–Crippen LogP) is 1.04. The smallest absolute Gasteiger partial charge is 0.237 e. The molecule has 1 amide bonds.